The number of likely N-dealkylation sites (tertiary alicyclic amines) is 1. The largest absolute Gasteiger partial charge is 0.481 e. The van der Waals surface area contributed by atoms with Gasteiger partial charge in [-0.3, -0.25) is 9.59 Å². The molecule has 1 aliphatic rings. The average molecular weight is 354 g/mol. The fraction of sp³-hybridized carbons (Fsp3) is 0.412. The van der Waals surface area contributed by atoms with E-state index in [1.54, 1.807) is 11.6 Å². The summed E-state index contributed by atoms with van der Waals surface area (Å²) in [6.07, 6.45) is -3.34. The highest BCUT2D eigenvalue weighted by molar-refractivity contribution is 5.99. The number of benzene rings is 1. The Morgan fingerprint density at radius 1 is 1.24 bits per heavy atom. The third kappa shape index (κ3) is 3.20. The molecular weight excluding hydrogens is 337 g/mol. The lowest BCUT2D eigenvalue weighted by Gasteiger charge is -2.30. The predicted molar refractivity (Wildman–Crippen MR) is 84.2 cm³/mol. The average Bonchev–Trinajstić information content (AvgIpc) is 2.90. The summed E-state index contributed by atoms with van der Waals surface area (Å²) in [5.74, 6) is -1.91. The molecular formula is C17H17F3N2O3. The topological polar surface area (TPSA) is 62.5 Å². The summed E-state index contributed by atoms with van der Waals surface area (Å²) < 4.78 is 40.1. The van der Waals surface area contributed by atoms with Crippen LogP contribution in [0.3, 0.4) is 0 Å². The molecule has 2 heterocycles. The predicted octanol–water partition coefficient (Wildman–Crippen LogP) is 3.13. The first-order chi connectivity index (χ1) is 11.7. The Kier molecular flexibility index (Phi) is 4.22. The molecule has 2 aromatic rings. The minimum Gasteiger partial charge on any atom is -0.481 e. The Morgan fingerprint density at radius 2 is 1.96 bits per heavy atom. The maximum Gasteiger partial charge on any atom is 0.416 e. The summed E-state index contributed by atoms with van der Waals surface area (Å²) >= 11 is 0. The number of hydrogen-bond donors (Lipinski definition) is 1. The van der Waals surface area contributed by atoms with Gasteiger partial charge >= 0.3 is 12.1 Å². The molecule has 0 aliphatic carbocycles. The van der Waals surface area contributed by atoms with Gasteiger partial charge in [-0.25, -0.2) is 0 Å². The first kappa shape index (κ1) is 17.3. The summed E-state index contributed by atoms with van der Waals surface area (Å²) in [5.41, 5.74) is -0.00276. The van der Waals surface area contributed by atoms with Crippen LogP contribution < -0.4 is 0 Å². The Balaban J connectivity index is 1.94. The molecule has 0 spiro atoms. The molecule has 0 saturated carbocycles. The van der Waals surface area contributed by atoms with Crippen LogP contribution in [-0.4, -0.2) is 39.5 Å². The van der Waals surface area contributed by atoms with Crippen molar-refractivity contribution in [1.82, 2.24) is 9.47 Å². The second kappa shape index (κ2) is 6.09. The lowest BCUT2D eigenvalue weighted by molar-refractivity contribution is -0.143. The Hall–Kier alpha value is -2.51. The summed E-state index contributed by atoms with van der Waals surface area (Å²) in [5, 5.41) is 9.46. The van der Waals surface area contributed by atoms with Gasteiger partial charge in [0, 0.05) is 31.0 Å². The molecule has 0 radical (unpaired) electrons. The highest BCUT2D eigenvalue weighted by atomic mass is 19.4. The number of fused-ring (bicyclic) bond motifs is 1. The van der Waals surface area contributed by atoms with E-state index in [4.69, 9.17) is 5.11 Å². The zero-order valence-corrected chi connectivity index (χ0v) is 13.5. The van der Waals surface area contributed by atoms with Gasteiger partial charge < -0.3 is 14.6 Å². The third-order valence-corrected chi connectivity index (χ3v) is 4.65. The number of carbonyl (C=O) groups is 2. The van der Waals surface area contributed by atoms with Crippen molar-refractivity contribution in [3.63, 3.8) is 0 Å². The van der Waals surface area contributed by atoms with Gasteiger partial charge in [0.15, 0.2) is 0 Å². The number of nitrogens with zero attached hydrogens (tertiary/aromatic N) is 2. The minimum absolute atomic E-state index is 0.115. The molecule has 1 aliphatic heterocycles. The van der Waals surface area contributed by atoms with E-state index in [2.05, 4.69) is 0 Å². The van der Waals surface area contributed by atoms with Crippen molar-refractivity contribution in [2.24, 2.45) is 13.0 Å². The van der Waals surface area contributed by atoms with Crippen molar-refractivity contribution in [1.29, 1.82) is 0 Å². The van der Waals surface area contributed by atoms with Crippen molar-refractivity contribution in [2.75, 3.05) is 13.1 Å². The molecule has 0 bridgehead atoms. The van der Waals surface area contributed by atoms with Crippen LogP contribution >= 0.6 is 0 Å². The number of carboxylic acids is 1. The molecule has 1 saturated heterocycles. The smallest absolute Gasteiger partial charge is 0.416 e. The molecule has 1 N–H and O–H groups in total. The number of carboxylic acid groups (broad SMARTS) is 1. The molecule has 3 rings (SSSR count). The summed E-state index contributed by atoms with van der Waals surface area (Å²) in [6, 6.07) is 4.77. The number of carbonyl (C=O) groups excluding carboxylic acids is 1. The molecule has 1 fully saturated rings. The lowest BCUT2D eigenvalue weighted by Crippen LogP contribution is -2.42. The fourth-order valence-electron chi connectivity index (χ4n) is 3.26. The number of alkyl halides is 3. The first-order valence-electron chi connectivity index (χ1n) is 7.87. The quantitative estimate of drug-likeness (QED) is 0.901. The molecule has 1 amide bonds. The number of rotatable bonds is 2. The van der Waals surface area contributed by atoms with Gasteiger partial charge in [0.1, 0.15) is 5.69 Å². The number of hydrogen-bond acceptors (Lipinski definition) is 2. The van der Waals surface area contributed by atoms with E-state index in [-0.39, 0.29) is 18.1 Å². The molecule has 5 nitrogen and oxygen atoms in total. The van der Waals surface area contributed by atoms with Crippen LogP contribution in [0, 0.1) is 5.92 Å². The lowest BCUT2D eigenvalue weighted by atomic mass is 9.98. The number of aryl methyl sites for hydroxylation is 1. The van der Waals surface area contributed by atoms with Crippen molar-refractivity contribution < 1.29 is 27.9 Å². The number of halogens is 3. The number of amides is 1. The second-order valence-corrected chi connectivity index (χ2v) is 6.29. The fourth-order valence-corrected chi connectivity index (χ4v) is 3.26. The molecule has 0 unspecified atom stereocenters. The number of aliphatic carboxylic acids is 1. The zero-order chi connectivity index (χ0) is 18.4. The van der Waals surface area contributed by atoms with Gasteiger partial charge in [-0.05, 0) is 37.1 Å². The van der Waals surface area contributed by atoms with Gasteiger partial charge in [0.05, 0.1) is 11.5 Å². The van der Waals surface area contributed by atoms with Crippen LogP contribution in [-0.2, 0) is 18.0 Å². The van der Waals surface area contributed by atoms with Gasteiger partial charge in [0.2, 0.25) is 0 Å². The Bertz CT molecular complexity index is 842. The van der Waals surface area contributed by atoms with Crippen LogP contribution in [0.2, 0.25) is 0 Å². The zero-order valence-electron chi connectivity index (χ0n) is 13.5. The van der Waals surface area contributed by atoms with Gasteiger partial charge in [-0.1, -0.05) is 0 Å². The van der Waals surface area contributed by atoms with Crippen LogP contribution in [0.5, 0.6) is 0 Å². The highest BCUT2D eigenvalue weighted by Crippen LogP contribution is 2.32. The molecule has 1 aromatic carbocycles. The van der Waals surface area contributed by atoms with Crippen molar-refractivity contribution in [3.05, 3.63) is 35.5 Å². The van der Waals surface area contributed by atoms with E-state index < -0.39 is 23.6 Å². The SMILES string of the molecule is Cn1c(C(=O)N2CCC[C@H](C(=O)O)C2)cc2cc(C(F)(F)F)ccc21. The second-order valence-electron chi connectivity index (χ2n) is 6.29. The van der Waals surface area contributed by atoms with Crippen LogP contribution in [0.15, 0.2) is 24.3 Å². The summed E-state index contributed by atoms with van der Waals surface area (Å²) in [4.78, 5) is 25.3. The Labute approximate surface area is 141 Å². The Morgan fingerprint density at radius 3 is 2.60 bits per heavy atom. The standard InChI is InChI=1S/C17H17F3N2O3/c1-21-13-5-4-12(17(18,19)20)7-11(13)8-14(21)15(23)22-6-2-3-10(9-22)16(24)25/h4-5,7-8,10H,2-3,6,9H2,1H3,(H,24,25)/t10-/m0/s1. The van der Waals surface area contributed by atoms with E-state index >= 15 is 0 Å². The molecule has 1 atom stereocenters. The number of aromatic nitrogens is 1. The van der Waals surface area contributed by atoms with Crippen molar-refractivity contribution >= 4 is 22.8 Å². The maximum atomic E-state index is 12.9. The normalized spacial score (nSPS) is 18.6. The van der Waals surface area contributed by atoms with Crippen molar-refractivity contribution in [3.8, 4) is 0 Å². The van der Waals surface area contributed by atoms with E-state index in [0.29, 0.717) is 30.3 Å². The third-order valence-electron chi connectivity index (χ3n) is 4.65. The van der Waals surface area contributed by atoms with Crippen LogP contribution in [0.1, 0.15) is 28.9 Å². The molecule has 1 aromatic heterocycles. The van der Waals surface area contributed by atoms with Gasteiger partial charge in [0.25, 0.3) is 5.91 Å². The highest BCUT2D eigenvalue weighted by Gasteiger charge is 2.32. The maximum absolute atomic E-state index is 12.9. The van der Waals surface area contributed by atoms with E-state index in [0.717, 1.165) is 12.1 Å². The van der Waals surface area contributed by atoms with Crippen molar-refractivity contribution in [2.45, 2.75) is 19.0 Å². The monoisotopic (exact) mass is 354 g/mol. The van der Waals surface area contributed by atoms with E-state index in [9.17, 15) is 22.8 Å². The summed E-state index contributed by atoms with van der Waals surface area (Å²) in [7, 11) is 1.61. The van der Waals surface area contributed by atoms with E-state index in [1.165, 1.54) is 17.0 Å². The minimum atomic E-state index is -4.45. The number of piperidine rings is 1. The van der Waals surface area contributed by atoms with Gasteiger partial charge in [-0.15, -0.1) is 0 Å². The van der Waals surface area contributed by atoms with Crippen LogP contribution in [0.4, 0.5) is 13.2 Å². The molecule has 25 heavy (non-hydrogen) atoms. The summed E-state index contributed by atoms with van der Waals surface area (Å²) in [6.45, 7) is 0.557. The van der Waals surface area contributed by atoms with E-state index in [1.807, 2.05) is 0 Å². The molecule has 134 valence electrons. The van der Waals surface area contributed by atoms with Gasteiger partial charge in [-0.2, -0.15) is 13.2 Å². The molecule has 8 heteroatoms. The van der Waals surface area contributed by atoms with Crippen LogP contribution in [0.25, 0.3) is 10.9 Å². The first-order valence-corrected chi connectivity index (χ1v) is 7.87.